The molecule has 1 heterocycles. The molecule has 0 aliphatic rings. The summed E-state index contributed by atoms with van der Waals surface area (Å²) >= 11 is 7.24. The number of nitrogens with one attached hydrogen (secondary N) is 1. The van der Waals surface area contributed by atoms with Crippen molar-refractivity contribution in [1.29, 1.82) is 0 Å². The molecule has 0 unspecified atom stereocenters. The van der Waals surface area contributed by atoms with Crippen molar-refractivity contribution in [1.82, 2.24) is 0 Å². The number of fused-ring (bicyclic) bond motifs is 1. The van der Waals surface area contributed by atoms with Crippen LogP contribution in [-0.4, -0.2) is 5.12 Å². The summed E-state index contributed by atoms with van der Waals surface area (Å²) < 4.78 is 2.04. The van der Waals surface area contributed by atoms with Crippen LogP contribution >= 0.6 is 23.4 Å². The van der Waals surface area contributed by atoms with Gasteiger partial charge in [0.25, 0.3) is 0 Å². The van der Waals surface area contributed by atoms with Crippen LogP contribution in [0.1, 0.15) is 10.4 Å². The molecule has 0 aliphatic heterocycles. The van der Waals surface area contributed by atoms with Crippen molar-refractivity contribution < 1.29 is 9.36 Å². The van der Waals surface area contributed by atoms with Gasteiger partial charge in [-0.1, -0.05) is 54.1 Å². The van der Waals surface area contributed by atoms with Crippen molar-refractivity contribution >= 4 is 50.8 Å². The molecule has 28 heavy (non-hydrogen) atoms. The van der Waals surface area contributed by atoms with Crippen molar-refractivity contribution in [2.45, 2.75) is 4.90 Å². The van der Waals surface area contributed by atoms with Gasteiger partial charge in [0, 0.05) is 22.3 Å². The van der Waals surface area contributed by atoms with Gasteiger partial charge in [0.15, 0.2) is 6.20 Å². The first-order valence-corrected chi connectivity index (χ1v) is 10.0. The Hall–Kier alpha value is -2.82. The first-order valence-electron chi connectivity index (χ1n) is 8.83. The molecule has 4 aromatic rings. The first-order chi connectivity index (χ1) is 13.6. The number of pyridine rings is 1. The van der Waals surface area contributed by atoms with E-state index in [1.807, 2.05) is 84.5 Å². The molecule has 0 saturated carbocycles. The molecule has 3 nitrogen and oxygen atoms in total. The lowest BCUT2D eigenvalue weighted by Gasteiger charge is -2.13. The third kappa shape index (κ3) is 3.88. The van der Waals surface area contributed by atoms with Crippen molar-refractivity contribution in [3.05, 3.63) is 95.6 Å². The van der Waals surface area contributed by atoms with Crippen molar-refractivity contribution in [2.24, 2.45) is 7.05 Å². The second kappa shape index (κ2) is 8.05. The quantitative estimate of drug-likeness (QED) is 0.334. The number of anilines is 2. The molecule has 0 saturated heterocycles. The molecule has 0 atom stereocenters. The standard InChI is InChI=1S/C23H17ClN2OS/c1-26-15-21(28-23(27)16-7-3-2-4-8-16)22(19-9-5-6-10-20(19)26)25-18-13-11-17(24)12-14-18/h2-15H,1H3/p+1. The lowest BCUT2D eigenvalue weighted by Crippen LogP contribution is -2.29. The predicted molar refractivity (Wildman–Crippen MR) is 116 cm³/mol. The van der Waals surface area contributed by atoms with E-state index in [0.29, 0.717) is 10.6 Å². The highest BCUT2D eigenvalue weighted by atomic mass is 35.5. The molecule has 5 heteroatoms. The second-order valence-corrected chi connectivity index (χ2v) is 7.84. The van der Waals surface area contributed by atoms with Gasteiger partial charge in [-0.05, 0) is 42.1 Å². The number of nitrogens with zero attached hydrogens (tertiary/aromatic N) is 1. The van der Waals surface area contributed by atoms with E-state index in [1.54, 1.807) is 0 Å². The Morgan fingerprint density at radius 1 is 0.929 bits per heavy atom. The summed E-state index contributed by atoms with van der Waals surface area (Å²) in [7, 11) is 1.99. The summed E-state index contributed by atoms with van der Waals surface area (Å²) in [6, 6.07) is 25.0. The van der Waals surface area contributed by atoms with Gasteiger partial charge in [0.2, 0.25) is 10.6 Å². The van der Waals surface area contributed by atoms with E-state index in [-0.39, 0.29) is 5.12 Å². The highest BCUT2D eigenvalue weighted by Crippen LogP contribution is 2.36. The third-order valence-corrected chi connectivity index (χ3v) is 5.64. The topological polar surface area (TPSA) is 33.0 Å². The highest BCUT2D eigenvalue weighted by molar-refractivity contribution is 8.14. The predicted octanol–water partition coefficient (Wildman–Crippen LogP) is 5.99. The number of benzene rings is 3. The maximum Gasteiger partial charge on any atom is 0.224 e. The number of para-hydroxylation sites is 1. The number of hydrogen-bond donors (Lipinski definition) is 1. The fourth-order valence-corrected chi connectivity index (χ4v) is 4.11. The summed E-state index contributed by atoms with van der Waals surface area (Å²) in [5.41, 5.74) is 3.58. The zero-order valence-electron chi connectivity index (χ0n) is 15.2. The maximum absolute atomic E-state index is 12.8. The van der Waals surface area contributed by atoms with Crippen LogP contribution in [0.5, 0.6) is 0 Å². The lowest BCUT2D eigenvalue weighted by atomic mass is 10.1. The van der Waals surface area contributed by atoms with E-state index in [4.69, 9.17) is 11.6 Å². The average Bonchev–Trinajstić information content (AvgIpc) is 2.73. The highest BCUT2D eigenvalue weighted by Gasteiger charge is 2.20. The molecule has 0 fully saturated rings. The zero-order chi connectivity index (χ0) is 19.5. The van der Waals surface area contributed by atoms with Crippen LogP contribution in [0.3, 0.4) is 0 Å². The number of rotatable bonds is 4. The summed E-state index contributed by atoms with van der Waals surface area (Å²) in [5.74, 6) is 0. The first kappa shape index (κ1) is 18.5. The summed E-state index contributed by atoms with van der Waals surface area (Å²) in [5, 5.41) is 5.22. The van der Waals surface area contributed by atoms with E-state index >= 15 is 0 Å². The zero-order valence-corrected chi connectivity index (χ0v) is 16.8. The molecule has 0 bridgehead atoms. The number of aryl methyl sites for hydroxylation is 1. The molecule has 0 spiro atoms. The molecule has 3 aromatic carbocycles. The van der Waals surface area contributed by atoms with Gasteiger partial charge in [-0.3, -0.25) is 4.79 Å². The molecule has 1 aromatic heterocycles. The van der Waals surface area contributed by atoms with Crippen LogP contribution in [0.2, 0.25) is 5.02 Å². The van der Waals surface area contributed by atoms with Gasteiger partial charge in [0.1, 0.15) is 11.9 Å². The van der Waals surface area contributed by atoms with E-state index in [0.717, 1.165) is 27.2 Å². The molecule has 0 aliphatic carbocycles. The van der Waals surface area contributed by atoms with Gasteiger partial charge in [0.05, 0.1) is 11.1 Å². The number of thioether (sulfide) groups is 1. The van der Waals surface area contributed by atoms with Gasteiger partial charge in [-0.2, -0.15) is 4.57 Å². The number of hydrogen-bond acceptors (Lipinski definition) is 3. The van der Waals surface area contributed by atoms with Gasteiger partial charge in [-0.25, -0.2) is 0 Å². The van der Waals surface area contributed by atoms with Crippen LogP contribution in [0, 0.1) is 0 Å². The number of carbonyl (C=O) groups is 1. The third-order valence-electron chi connectivity index (χ3n) is 4.44. The Morgan fingerprint density at radius 2 is 1.61 bits per heavy atom. The monoisotopic (exact) mass is 405 g/mol. The molecule has 4 rings (SSSR count). The molecular weight excluding hydrogens is 388 g/mol. The van der Waals surface area contributed by atoms with Crippen LogP contribution in [0.4, 0.5) is 11.4 Å². The van der Waals surface area contributed by atoms with Crippen LogP contribution < -0.4 is 9.88 Å². The second-order valence-electron chi connectivity index (χ2n) is 6.38. The normalized spacial score (nSPS) is 10.8. The SMILES string of the molecule is C[n+]1cc(SC(=O)c2ccccc2)c(Nc2ccc(Cl)cc2)c2ccccc21. The molecule has 0 radical (unpaired) electrons. The van der Waals surface area contributed by atoms with E-state index in [9.17, 15) is 4.79 Å². The van der Waals surface area contributed by atoms with Gasteiger partial charge < -0.3 is 5.32 Å². The van der Waals surface area contributed by atoms with E-state index in [2.05, 4.69) is 17.4 Å². The minimum Gasteiger partial charge on any atom is -0.354 e. The fraction of sp³-hybridized carbons (Fsp3) is 0.0435. The Morgan fingerprint density at radius 3 is 2.36 bits per heavy atom. The largest absolute Gasteiger partial charge is 0.354 e. The minimum absolute atomic E-state index is 0.00929. The van der Waals surface area contributed by atoms with Crippen molar-refractivity contribution in [3.8, 4) is 0 Å². The van der Waals surface area contributed by atoms with Crippen LogP contribution in [0.25, 0.3) is 10.9 Å². The molecule has 1 N–H and O–H groups in total. The van der Waals surface area contributed by atoms with Gasteiger partial charge in [-0.15, -0.1) is 0 Å². The number of aromatic nitrogens is 1. The average molecular weight is 406 g/mol. The molecular formula is C23H18ClN2OS+. The Balaban J connectivity index is 1.80. The Kier molecular flexibility index (Phi) is 5.33. The number of halogens is 1. The summed E-state index contributed by atoms with van der Waals surface area (Å²) in [6.45, 7) is 0. The Bertz CT molecular complexity index is 1140. The van der Waals surface area contributed by atoms with Crippen LogP contribution in [0.15, 0.2) is 90.0 Å². The fourth-order valence-electron chi connectivity index (χ4n) is 3.05. The molecule has 0 amide bonds. The van der Waals surface area contributed by atoms with Crippen LogP contribution in [-0.2, 0) is 7.05 Å². The van der Waals surface area contributed by atoms with Crippen molar-refractivity contribution in [3.63, 3.8) is 0 Å². The van der Waals surface area contributed by atoms with Crippen molar-refractivity contribution in [2.75, 3.05) is 5.32 Å². The van der Waals surface area contributed by atoms with E-state index in [1.165, 1.54) is 11.8 Å². The lowest BCUT2D eigenvalue weighted by molar-refractivity contribution is -0.646. The Labute approximate surface area is 173 Å². The summed E-state index contributed by atoms with van der Waals surface area (Å²) in [6.07, 6.45) is 1.99. The minimum atomic E-state index is 0.00929. The maximum atomic E-state index is 12.8. The smallest absolute Gasteiger partial charge is 0.224 e. The van der Waals surface area contributed by atoms with E-state index < -0.39 is 0 Å². The number of carbonyl (C=O) groups excluding carboxylic acids is 1. The summed E-state index contributed by atoms with van der Waals surface area (Å²) in [4.78, 5) is 13.7. The van der Waals surface area contributed by atoms with Gasteiger partial charge >= 0.3 is 0 Å². The molecule has 138 valence electrons.